The molecule has 0 saturated carbocycles. The molecule has 1 heterocycles. The summed E-state index contributed by atoms with van der Waals surface area (Å²) in [4.78, 5) is 16.6. The summed E-state index contributed by atoms with van der Waals surface area (Å²) < 4.78 is 0. The third kappa shape index (κ3) is 1.91. The number of Topliss-reactive ketones (excluding diaryl/α,β-unsaturated/α-hetero) is 1. The Morgan fingerprint density at radius 3 is 2.41 bits per heavy atom. The van der Waals surface area contributed by atoms with Crippen LogP contribution in [0.15, 0.2) is 35.3 Å². The van der Waals surface area contributed by atoms with Crippen LogP contribution in [-0.4, -0.2) is 22.7 Å². The largest absolute Gasteiger partial charge is 0.383 e. The molecule has 3 heteroatoms. The van der Waals surface area contributed by atoms with Gasteiger partial charge in [0.15, 0.2) is 5.78 Å². The van der Waals surface area contributed by atoms with E-state index in [2.05, 4.69) is 4.99 Å². The Labute approximate surface area is 101 Å². The molecule has 0 aliphatic carbocycles. The van der Waals surface area contributed by atoms with Crippen LogP contribution in [0.2, 0.25) is 0 Å². The number of aliphatic hydroxyl groups excluding tert-OH is 1. The lowest BCUT2D eigenvalue weighted by atomic mass is 9.76. The zero-order valence-corrected chi connectivity index (χ0v) is 10.3. The molecule has 17 heavy (non-hydrogen) atoms. The first-order valence-corrected chi connectivity index (χ1v) is 5.77. The lowest BCUT2D eigenvalue weighted by Gasteiger charge is -2.34. The first-order valence-electron chi connectivity index (χ1n) is 5.77. The van der Waals surface area contributed by atoms with E-state index in [1.54, 1.807) is 13.8 Å². The molecule has 0 spiro atoms. The molecule has 2 rings (SSSR count). The smallest absolute Gasteiger partial charge is 0.174 e. The molecule has 90 valence electrons. The van der Waals surface area contributed by atoms with E-state index in [1.165, 1.54) is 0 Å². The topological polar surface area (TPSA) is 49.7 Å². The number of carbonyl (C=O) groups is 1. The van der Waals surface area contributed by atoms with Crippen molar-refractivity contribution in [3.8, 4) is 0 Å². The molecule has 1 N–H and O–H groups in total. The number of hydrogen-bond donors (Lipinski definition) is 1. The van der Waals surface area contributed by atoms with Gasteiger partial charge in [-0.3, -0.25) is 9.79 Å². The average Bonchev–Trinajstić information content (AvgIpc) is 2.33. The number of hydrogen-bond acceptors (Lipinski definition) is 3. The zero-order valence-electron chi connectivity index (χ0n) is 10.3. The van der Waals surface area contributed by atoms with Gasteiger partial charge in [0, 0.05) is 5.71 Å². The fourth-order valence-corrected chi connectivity index (χ4v) is 2.04. The summed E-state index contributed by atoms with van der Waals surface area (Å²) in [6, 6.07) is 8.98. The summed E-state index contributed by atoms with van der Waals surface area (Å²) in [6.45, 7) is 5.46. The molecular formula is C14H17NO2. The van der Waals surface area contributed by atoms with Crippen LogP contribution in [0.25, 0.3) is 0 Å². The molecule has 3 nitrogen and oxygen atoms in total. The molecule has 0 bridgehead atoms. The van der Waals surface area contributed by atoms with Gasteiger partial charge in [-0.05, 0) is 26.3 Å². The van der Waals surface area contributed by atoms with Crippen molar-refractivity contribution < 1.29 is 9.90 Å². The first kappa shape index (κ1) is 12.0. The van der Waals surface area contributed by atoms with Crippen LogP contribution in [-0.2, 0) is 4.79 Å². The minimum absolute atomic E-state index is 0.154. The summed E-state index contributed by atoms with van der Waals surface area (Å²) in [5.74, 6) is -0.154. The quantitative estimate of drug-likeness (QED) is 0.805. The van der Waals surface area contributed by atoms with E-state index in [0.29, 0.717) is 0 Å². The van der Waals surface area contributed by atoms with Gasteiger partial charge >= 0.3 is 0 Å². The Morgan fingerprint density at radius 1 is 1.24 bits per heavy atom. The number of ketones is 1. The van der Waals surface area contributed by atoms with Crippen LogP contribution in [0.3, 0.4) is 0 Å². The van der Waals surface area contributed by atoms with Crippen molar-refractivity contribution in [2.45, 2.75) is 32.9 Å². The molecular weight excluding hydrogens is 214 g/mol. The second-order valence-corrected chi connectivity index (χ2v) is 5.00. The van der Waals surface area contributed by atoms with Crippen LogP contribution in [0.1, 0.15) is 32.4 Å². The lowest BCUT2D eigenvalue weighted by molar-refractivity contribution is -0.134. The number of carbonyl (C=O) groups excluding carboxylic acids is 1. The highest BCUT2D eigenvalue weighted by molar-refractivity contribution is 6.11. The van der Waals surface area contributed by atoms with E-state index in [1.807, 2.05) is 37.3 Å². The minimum Gasteiger partial charge on any atom is -0.383 e. The maximum absolute atomic E-state index is 12.1. The van der Waals surface area contributed by atoms with Crippen LogP contribution < -0.4 is 0 Å². The standard InChI is InChI=1S/C14H17NO2/c1-9-14(2,3)13(17)12(16)11(15-9)10-7-5-4-6-8-10/h4-8,11-12,16H,1-3H3/t11-,12-/m0/s1. The molecule has 1 aliphatic rings. The van der Waals surface area contributed by atoms with Crippen LogP contribution in [0, 0.1) is 5.41 Å². The number of aliphatic hydroxyl groups is 1. The summed E-state index contributed by atoms with van der Waals surface area (Å²) in [5.41, 5.74) is 0.995. The van der Waals surface area contributed by atoms with Crippen LogP contribution >= 0.6 is 0 Å². The van der Waals surface area contributed by atoms with E-state index >= 15 is 0 Å². The summed E-state index contributed by atoms with van der Waals surface area (Å²) in [5, 5.41) is 10.1. The Morgan fingerprint density at radius 2 is 1.82 bits per heavy atom. The number of nitrogens with zero attached hydrogens (tertiary/aromatic N) is 1. The van der Waals surface area contributed by atoms with Crippen LogP contribution in [0.5, 0.6) is 0 Å². The van der Waals surface area contributed by atoms with Crippen molar-refractivity contribution in [2.75, 3.05) is 0 Å². The molecule has 0 unspecified atom stereocenters. The van der Waals surface area contributed by atoms with Gasteiger partial charge in [-0.1, -0.05) is 30.3 Å². The Hall–Kier alpha value is -1.48. The zero-order chi connectivity index (χ0) is 12.6. The predicted molar refractivity (Wildman–Crippen MR) is 67.1 cm³/mol. The van der Waals surface area contributed by atoms with Crippen molar-refractivity contribution in [1.29, 1.82) is 0 Å². The van der Waals surface area contributed by atoms with E-state index in [-0.39, 0.29) is 5.78 Å². The third-order valence-corrected chi connectivity index (χ3v) is 3.56. The van der Waals surface area contributed by atoms with E-state index in [0.717, 1.165) is 11.3 Å². The van der Waals surface area contributed by atoms with E-state index < -0.39 is 17.6 Å². The van der Waals surface area contributed by atoms with Crippen molar-refractivity contribution in [3.05, 3.63) is 35.9 Å². The highest BCUT2D eigenvalue weighted by Gasteiger charge is 2.43. The molecule has 0 saturated heterocycles. The van der Waals surface area contributed by atoms with Crippen LogP contribution in [0.4, 0.5) is 0 Å². The van der Waals surface area contributed by atoms with E-state index in [9.17, 15) is 9.90 Å². The highest BCUT2D eigenvalue weighted by atomic mass is 16.3. The average molecular weight is 231 g/mol. The second kappa shape index (κ2) is 4.08. The van der Waals surface area contributed by atoms with Gasteiger partial charge in [-0.2, -0.15) is 0 Å². The Bertz CT molecular complexity index is 462. The monoisotopic (exact) mass is 231 g/mol. The SMILES string of the molecule is CC1=N[C@@H](c2ccccc2)[C@H](O)C(=O)C1(C)C. The van der Waals surface area contributed by atoms with Gasteiger partial charge in [-0.15, -0.1) is 0 Å². The molecule has 1 aromatic carbocycles. The summed E-state index contributed by atoms with van der Waals surface area (Å²) in [7, 11) is 0. The normalized spacial score (nSPS) is 27.8. The molecule has 0 fully saturated rings. The third-order valence-electron chi connectivity index (χ3n) is 3.56. The Kier molecular flexibility index (Phi) is 2.87. The predicted octanol–water partition coefficient (Wildman–Crippen LogP) is 2.16. The fourth-order valence-electron chi connectivity index (χ4n) is 2.04. The number of rotatable bonds is 1. The van der Waals surface area contributed by atoms with Gasteiger partial charge in [0.1, 0.15) is 12.1 Å². The van der Waals surface area contributed by atoms with E-state index in [4.69, 9.17) is 0 Å². The highest BCUT2D eigenvalue weighted by Crippen LogP contribution is 2.34. The molecule has 0 radical (unpaired) electrons. The van der Waals surface area contributed by atoms with Gasteiger partial charge < -0.3 is 5.11 Å². The van der Waals surface area contributed by atoms with Gasteiger partial charge in [0.05, 0.1) is 5.41 Å². The second-order valence-electron chi connectivity index (χ2n) is 5.00. The van der Waals surface area contributed by atoms with Gasteiger partial charge in [0.25, 0.3) is 0 Å². The first-order chi connectivity index (χ1) is 7.94. The maximum Gasteiger partial charge on any atom is 0.174 e. The van der Waals surface area contributed by atoms with Crippen molar-refractivity contribution >= 4 is 11.5 Å². The summed E-state index contributed by atoms with van der Waals surface area (Å²) in [6.07, 6.45) is -1.05. The molecule has 0 aromatic heterocycles. The maximum atomic E-state index is 12.1. The van der Waals surface area contributed by atoms with Crippen molar-refractivity contribution in [2.24, 2.45) is 10.4 Å². The molecule has 0 amide bonds. The van der Waals surface area contributed by atoms with Gasteiger partial charge in [0.2, 0.25) is 0 Å². The van der Waals surface area contributed by atoms with Gasteiger partial charge in [-0.25, -0.2) is 0 Å². The number of benzene rings is 1. The summed E-state index contributed by atoms with van der Waals surface area (Å²) >= 11 is 0. The minimum atomic E-state index is -1.05. The van der Waals surface area contributed by atoms with Crippen molar-refractivity contribution in [3.63, 3.8) is 0 Å². The number of aliphatic imine (C=N–C) groups is 1. The molecule has 2 atom stereocenters. The molecule has 1 aliphatic heterocycles. The lowest BCUT2D eigenvalue weighted by Crippen LogP contribution is -2.46. The Balaban J connectivity index is 2.45. The fraction of sp³-hybridized carbons (Fsp3) is 0.429. The van der Waals surface area contributed by atoms with Crippen molar-refractivity contribution in [1.82, 2.24) is 0 Å². The molecule has 1 aromatic rings.